The van der Waals surface area contributed by atoms with Gasteiger partial charge in [0.15, 0.2) is 9.84 Å². The quantitative estimate of drug-likeness (QED) is 0.618. The summed E-state index contributed by atoms with van der Waals surface area (Å²) in [5, 5.41) is 18.7. The molecule has 0 spiro atoms. The van der Waals surface area contributed by atoms with E-state index in [1.807, 2.05) is 30.3 Å². The monoisotopic (exact) mass is 459 g/mol. The number of pyridine rings is 1. The number of carbonyl (C=O) groups excluding carboxylic acids is 1. The molecule has 2 N–H and O–H groups in total. The molecule has 0 fully saturated rings. The second kappa shape index (κ2) is 9.07. The molecule has 0 saturated carbocycles. The molecule has 0 aliphatic carbocycles. The average molecular weight is 460 g/mol. The lowest BCUT2D eigenvalue weighted by atomic mass is 9.83. The molecule has 2 heterocycles. The number of hydrogen-bond acceptors (Lipinski definition) is 7. The standard InChI is InChI=1S/C22H25N3O6S/c1-14(2)22(21(28)24-16(12-19(26)27)9-11-32(3,29)30)13-18(25-31-22)20-17-7-5-4-6-15(17)8-10-23-20/h4-11,14,16H,12-13H2,1-3H3,(H,24,28)(H,26,27)/b11-9+/t16-,22+/m1/s1. The van der Waals surface area contributed by atoms with E-state index in [1.165, 1.54) is 0 Å². The van der Waals surface area contributed by atoms with Gasteiger partial charge in [-0.05, 0) is 11.5 Å². The highest BCUT2D eigenvalue weighted by atomic mass is 32.2. The lowest BCUT2D eigenvalue weighted by Crippen LogP contribution is -2.53. The number of hydrogen-bond donors (Lipinski definition) is 2. The number of aliphatic carboxylic acids is 1. The number of nitrogens with zero attached hydrogens (tertiary/aromatic N) is 2. The number of fused-ring (bicyclic) bond motifs is 1. The number of benzene rings is 1. The Bertz CT molecular complexity index is 1200. The third kappa shape index (κ3) is 5.13. The summed E-state index contributed by atoms with van der Waals surface area (Å²) < 4.78 is 22.9. The molecule has 3 rings (SSSR count). The maximum absolute atomic E-state index is 13.3. The zero-order valence-corrected chi connectivity index (χ0v) is 18.8. The van der Waals surface area contributed by atoms with Crippen LogP contribution >= 0.6 is 0 Å². The van der Waals surface area contributed by atoms with Crippen molar-refractivity contribution in [2.45, 2.75) is 38.3 Å². The third-order valence-corrected chi connectivity index (χ3v) is 5.93. The number of carboxylic acid groups (broad SMARTS) is 1. The second-order valence-electron chi connectivity index (χ2n) is 8.07. The van der Waals surface area contributed by atoms with Crippen LogP contribution in [0.4, 0.5) is 0 Å². The van der Waals surface area contributed by atoms with Gasteiger partial charge in [0.1, 0.15) is 5.71 Å². The fourth-order valence-corrected chi connectivity index (χ4v) is 3.98. The van der Waals surface area contributed by atoms with Gasteiger partial charge in [0.05, 0.1) is 18.2 Å². The molecular formula is C22H25N3O6S. The molecule has 1 aliphatic rings. The average Bonchev–Trinajstić information content (AvgIpc) is 3.17. The minimum atomic E-state index is -3.49. The fraction of sp³-hybridized carbons (Fsp3) is 0.364. The van der Waals surface area contributed by atoms with Gasteiger partial charge in [0.25, 0.3) is 5.91 Å². The number of sulfone groups is 1. The Morgan fingerprint density at radius 1 is 1.28 bits per heavy atom. The van der Waals surface area contributed by atoms with E-state index in [0.29, 0.717) is 11.4 Å². The second-order valence-corrected chi connectivity index (χ2v) is 10.00. The maximum atomic E-state index is 13.3. The predicted octanol–water partition coefficient (Wildman–Crippen LogP) is 2.27. The van der Waals surface area contributed by atoms with Crippen LogP contribution in [0, 0.1) is 5.92 Å². The fourth-order valence-electron chi connectivity index (χ4n) is 3.50. The molecule has 0 unspecified atom stereocenters. The van der Waals surface area contributed by atoms with Crippen LogP contribution in [0.25, 0.3) is 10.8 Å². The zero-order valence-electron chi connectivity index (χ0n) is 18.0. The van der Waals surface area contributed by atoms with Crippen molar-refractivity contribution in [3.63, 3.8) is 0 Å². The number of amides is 1. The highest BCUT2D eigenvalue weighted by Crippen LogP contribution is 2.35. The first kappa shape index (κ1) is 23.4. The molecule has 0 bridgehead atoms. The van der Waals surface area contributed by atoms with Gasteiger partial charge in [-0.25, -0.2) is 8.42 Å². The summed E-state index contributed by atoms with van der Waals surface area (Å²) in [6, 6.07) is 8.50. The van der Waals surface area contributed by atoms with E-state index in [2.05, 4.69) is 15.5 Å². The lowest BCUT2D eigenvalue weighted by Gasteiger charge is -2.30. The molecule has 170 valence electrons. The molecule has 0 saturated heterocycles. The van der Waals surface area contributed by atoms with Crippen molar-refractivity contribution in [2.75, 3.05) is 6.26 Å². The Morgan fingerprint density at radius 3 is 2.66 bits per heavy atom. The predicted molar refractivity (Wildman–Crippen MR) is 120 cm³/mol. The Morgan fingerprint density at radius 2 is 2.00 bits per heavy atom. The minimum Gasteiger partial charge on any atom is -0.481 e. The van der Waals surface area contributed by atoms with Crippen LogP contribution in [0.2, 0.25) is 0 Å². The molecule has 2 aromatic rings. The molecule has 1 aromatic carbocycles. The molecule has 2 atom stereocenters. The summed E-state index contributed by atoms with van der Waals surface area (Å²) in [7, 11) is -3.49. The molecule has 1 amide bonds. The van der Waals surface area contributed by atoms with Gasteiger partial charge in [0.2, 0.25) is 5.60 Å². The normalized spacial score (nSPS) is 19.7. The SMILES string of the molecule is CC(C)[C@]1(C(=O)N[C@H](/C=C/S(C)(=O)=O)CC(=O)O)CC(c2nccc3ccccc23)=NO1. The van der Waals surface area contributed by atoms with Gasteiger partial charge in [-0.3, -0.25) is 14.6 Å². The van der Waals surface area contributed by atoms with Crippen molar-refractivity contribution >= 4 is 38.2 Å². The van der Waals surface area contributed by atoms with Crippen LogP contribution in [0.1, 0.15) is 32.4 Å². The number of carboxylic acids is 1. The van der Waals surface area contributed by atoms with E-state index in [1.54, 1.807) is 20.0 Å². The van der Waals surface area contributed by atoms with Gasteiger partial charge in [-0.2, -0.15) is 0 Å². The van der Waals surface area contributed by atoms with Crippen LogP contribution in [-0.2, 0) is 24.3 Å². The summed E-state index contributed by atoms with van der Waals surface area (Å²) in [4.78, 5) is 34.6. The highest BCUT2D eigenvalue weighted by molar-refractivity contribution is 7.93. The summed E-state index contributed by atoms with van der Waals surface area (Å²) in [6.45, 7) is 3.60. The van der Waals surface area contributed by atoms with E-state index in [4.69, 9.17) is 9.94 Å². The lowest BCUT2D eigenvalue weighted by molar-refractivity contribution is -0.150. The van der Waals surface area contributed by atoms with E-state index >= 15 is 0 Å². The minimum absolute atomic E-state index is 0.132. The number of carbonyl (C=O) groups is 2. The van der Waals surface area contributed by atoms with Crippen LogP contribution in [0.15, 0.2) is 53.2 Å². The summed E-state index contributed by atoms with van der Waals surface area (Å²) >= 11 is 0. The van der Waals surface area contributed by atoms with Crippen LogP contribution in [0.5, 0.6) is 0 Å². The van der Waals surface area contributed by atoms with Gasteiger partial charge < -0.3 is 15.3 Å². The van der Waals surface area contributed by atoms with Gasteiger partial charge >= 0.3 is 5.97 Å². The summed E-state index contributed by atoms with van der Waals surface area (Å²) in [6.07, 6.45) is 3.45. The molecule has 1 aliphatic heterocycles. The van der Waals surface area contributed by atoms with Crippen LogP contribution < -0.4 is 5.32 Å². The van der Waals surface area contributed by atoms with Gasteiger partial charge in [-0.1, -0.05) is 49.3 Å². The summed E-state index contributed by atoms with van der Waals surface area (Å²) in [5.74, 6) is -2.07. The van der Waals surface area contributed by atoms with Crippen molar-refractivity contribution in [3.05, 3.63) is 53.7 Å². The highest BCUT2D eigenvalue weighted by Gasteiger charge is 2.50. The third-order valence-electron chi connectivity index (χ3n) is 5.28. The van der Waals surface area contributed by atoms with Gasteiger partial charge in [0, 0.05) is 35.6 Å². The van der Waals surface area contributed by atoms with Gasteiger partial charge in [-0.15, -0.1) is 0 Å². The first-order valence-corrected chi connectivity index (χ1v) is 12.0. The number of nitrogens with one attached hydrogen (secondary N) is 1. The zero-order chi connectivity index (χ0) is 23.5. The molecule has 9 nitrogen and oxygen atoms in total. The number of aromatic nitrogens is 1. The van der Waals surface area contributed by atoms with E-state index in [0.717, 1.165) is 28.5 Å². The molecule has 32 heavy (non-hydrogen) atoms. The van der Waals surface area contributed by atoms with Crippen molar-refractivity contribution in [1.29, 1.82) is 0 Å². The van der Waals surface area contributed by atoms with E-state index < -0.39 is 39.8 Å². The first-order valence-electron chi connectivity index (χ1n) is 10.0. The van der Waals surface area contributed by atoms with Crippen molar-refractivity contribution in [1.82, 2.24) is 10.3 Å². The topological polar surface area (TPSA) is 135 Å². The van der Waals surface area contributed by atoms with Crippen LogP contribution in [0.3, 0.4) is 0 Å². The summed E-state index contributed by atoms with van der Waals surface area (Å²) in [5.41, 5.74) is -0.270. The molecular weight excluding hydrogens is 434 g/mol. The van der Waals surface area contributed by atoms with Crippen LogP contribution in [-0.4, -0.2) is 54.0 Å². The molecule has 10 heteroatoms. The smallest absolute Gasteiger partial charge is 0.305 e. The first-order chi connectivity index (χ1) is 15.0. The molecule has 1 aromatic heterocycles. The molecule has 0 radical (unpaired) electrons. The Balaban J connectivity index is 1.88. The Hall–Kier alpha value is -3.27. The Kier molecular flexibility index (Phi) is 6.63. The van der Waals surface area contributed by atoms with Crippen molar-refractivity contribution in [3.8, 4) is 0 Å². The Labute approximate surface area is 186 Å². The maximum Gasteiger partial charge on any atom is 0.305 e. The number of oxime groups is 1. The van der Waals surface area contributed by atoms with Crippen molar-refractivity contribution in [2.24, 2.45) is 11.1 Å². The largest absolute Gasteiger partial charge is 0.481 e. The number of rotatable bonds is 8. The van der Waals surface area contributed by atoms with E-state index in [9.17, 15) is 18.0 Å². The van der Waals surface area contributed by atoms with Crippen molar-refractivity contribution < 1.29 is 28.0 Å². The van der Waals surface area contributed by atoms with E-state index in [-0.39, 0.29) is 12.3 Å².